The first kappa shape index (κ1) is 8.69. The van der Waals surface area contributed by atoms with E-state index in [0.29, 0.717) is 5.56 Å². The highest BCUT2D eigenvalue weighted by Gasteiger charge is 2.13. The number of hydrogen-bond acceptors (Lipinski definition) is 1. The Morgan fingerprint density at radius 1 is 1.21 bits per heavy atom. The lowest BCUT2D eigenvalue weighted by Crippen LogP contribution is -2.36. The van der Waals surface area contributed by atoms with Crippen LogP contribution in [0.3, 0.4) is 0 Å². The normalized spacial score (nSPS) is 14.9. The van der Waals surface area contributed by atoms with Gasteiger partial charge in [0.25, 0.3) is 0 Å². The molecule has 0 fully saturated rings. The average molecular weight is 187 g/mol. The van der Waals surface area contributed by atoms with Gasteiger partial charge in [-0.15, -0.1) is 0 Å². The second kappa shape index (κ2) is 3.46. The molecular formula is C11H11N2O+. The van der Waals surface area contributed by atoms with E-state index in [1.807, 2.05) is 29.1 Å². The third kappa shape index (κ3) is 1.57. The van der Waals surface area contributed by atoms with Crippen LogP contribution in [0.5, 0.6) is 0 Å². The van der Waals surface area contributed by atoms with Crippen molar-refractivity contribution in [3.8, 4) is 0 Å². The molecule has 1 aliphatic carbocycles. The average Bonchev–Trinajstić information content (AvgIpc) is 2.71. The molecule has 0 atom stereocenters. The van der Waals surface area contributed by atoms with E-state index in [1.54, 1.807) is 12.1 Å². The van der Waals surface area contributed by atoms with Gasteiger partial charge < -0.3 is 5.73 Å². The summed E-state index contributed by atoms with van der Waals surface area (Å²) in [4.78, 5) is 10.8. The topological polar surface area (TPSA) is 47.0 Å². The number of nitrogens with two attached hydrogens (primary N) is 1. The first-order valence-electron chi connectivity index (χ1n) is 4.43. The van der Waals surface area contributed by atoms with Crippen LogP contribution in [0.1, 0.15) is 16.4 Å². The maximum atomic E-state index is 10.8. The number of hydrogen-bond donors (Lipinski definition) is 1. The number of carbonyl (C=O) groups excluding carboxylic acids is 1. The summed E-state index contributed by atoms with van der Waals surface area (Å²) < 4.78 is 2.01. The van der Waals surface area contributed by atoms with Crippen molar-refractivity contribution in [2.45, 2.75) is 6.04 Å². The molecule has 0 aliphatic heterocycles. The van der Waals surface area contributed by atoms with E-state index in [2.05, 4.69) is 12.2 Å². The van der Waals surface area contributed by atoms with Gasteiger partial charge in [0, 0.05) is 12.1 Å². The zero-order chi connectivity index (χ0) is 9.97. The Kier molecular flexibility index (Phi) is 2.14. The van der Waals surface area contributed by atoms with Crippen molar-refractivity contribution in [3.05, 3.63) is 54.4 Å². The molecule has 0 radical (unpaired) electrons. The molecule has 1 amide bonds. The number of amides is 1. The number of rotatable bonds is 2. The monoisotopic (exact) mass is 187 g/mol. The van der Waals surface area contributed by atoms with Crippen molar-refractivity contribution < 1.29 is 9.36 Å². The van der Waals surface area contributed by atoms with Gasteiger partial charge in [-0.2, -0.15) is 4.57 Å². The molecule has 1 aromatic rings. The van der Waals surface area contributed by atoms with Crippen molar-refractivity contribution in [3.63, 3.8) is 0 Å². The van der Waals surface area contributed by atoms with Gasteiger partial charge in [0.2, 0.25) is 5.91 Å². The van der Waals surface area contributed by atoms with Crippen LogP contribution < -0.4 is 10.3 Å². The third-order valence-corrected chi connectivity index (χ3v) is 2.21. The second-order valence-electron chi connectivity index (χ2n) is 3.16. The first-order valence-corrected chi connectivity index (χ1v) is 4.43. The third-order valence-electron chi connectivity index (χ3n) is 2.21. The number of allylic oxidation sites excluding steroid dienone is 4. The Balaban J connectivity index is 2.25. The standard InChI is InChI=1S/C11H10N2O/c12-11(14)9-5-7-13(8-6-9)10-3-1-2-4-10/h1-8,10H,(H-,12,14)/p+1. The number of carbonyl (C=O) groups is 1. The molecule has 3 nitrogen and oxygen atoms in total. The van der Waals surface area contributed by atoms with Crippen LogP contribution in [0.25, 0.3) is 0 Å². The van der Waals surface area contributed by atoms with Gasteiger partial charge in [-0.05, 0) is 12.2 Å². The molecule has 70 valence electrons. The van der Waals surface area contributed by atoms with Crippen LogP contribution in [-0.4, -0.2) is 5.91 Å². The molecule has 0 saturated heterocycles. The van der Waals surface area contributed by atoms with Crippen LogP contribution in [0.2, 0.25) is 0 Å². The molecule has 2 rings (SSSR count). The Morgan fingerprint density at radius 3 is 2.29 bits per heavy atom. The zero-order valence-corrected chi connectivity index (χ0v) is 7.63. The predicted octanol–water partition coefficient (Wildman–Crippen LogP) is 0.740. The lowest BCUT2D eigenvalue weighted by molar-refractivity contribution is -0.701. The Labute approximate surface area is 82.2 Å². The summed E-state index contributed by atoms with van der Waals surface area (Å²) in [5, 5.41) is 0. The molecule has 14 heavy (non-hydrogen) atoms. The SMILES string of the molecule is NC(=O)c1cc[n+](C2C=CC=C2)cc1. The van der Waals surface area contributed by atoms with E-state index in [-0.39, 0.29) is 6.04 Å². The summed E-state index contributed by atoms with van der Waals surface area (Å²) in [5.41, 5.74) is 5.68. The molecule has 1 heterocycles. The summed E-state index contributed by atoms with van der Waals surface area (Å²) >= 11 is 0. The van der Waals surface area contributed by atoms with Gasteiger partial charge in [-0.3, -0.25) is 4.79 Å². The Hall–Kier alpha value is -1.90. The predicted molar refractivity (Wildman–Crippen MR) is 52.5 cm³/mol. The van der Waals surface area contributed by atoms with Crippen LogP contribution in [-0.2, 0) is 0 Å². The summed E-state index contributed by atoms with van der Waals surface area (Å²) in [6.07, 6.45) is 11.8. The lowest BCUT2D eigenvalue weighted by atomic mass is 10.2. The van der Waals surface area contributed by atoms with Crippen LogP contribution >= 0.6 is 0 Å². The van der Waals surface area contributed by atoms with E-state index >= 15 is 0 Å². The number of nitrogens with zero attached hydrogens (tertiary/aromatic N) is 1. The van der Waals surface area contributed by atoms with Crippen molar-refractivity contribution in [2.24, 2.45) is 5.73 Å². The minimum absolute atomic E-state index is 0.261. The van der Waals surface area contributed by atoms with Crippen molar-refractivity contribution >= 4 is 5.91 Å². The van der Waals surface area contributed by atoms with E-state index < -0.39 is 5.91 Å². The van der Waals surface area contributed by atoms with E-state index in [4.69, 9.17) is 5.73 Å². The fourth-order valence-electron chi connectivity index (χ4n) is 1.42. The molecule has 1 aromatic heterocycles. The van der Waals surface area contributed by atoms with E-state index in [0.717, 1.165) is 0 Å². The highest BCUT2D eigenvalue weighted by atomic mass is 16.1. The van der Waals surface area contributed by atoms with E-state index in [1.165, 1.54) is 0 Å². The Morgan fingerprint density at radius 2 is 1.79 bits per heavy atom. The maximum Gasteiger partial charge on any atom is 0.249 e. The summed E-state index contributed by atoms with van der Waals surface area (Å²) in [7, 11) is 0. The highest BCUT2D eigenvalue weighted by molar-refractivity contribution is 5.92. The molecule has 0 unspecified atom stereocenters. The largest absolute Gasteiger partial charge is 0.366 e. The van der Waals surface area contributed by atoms with Gasteiger partial charge in [-0.1, -0.05) is 12.2 Å². The summed E-state index contributed by atoms with van der Waals surface area (Å²) in [6, 6.07) is 3.71. The highest BCUT2D eigenvalue weighted by Crippen LogP contribution is 2.07. The Bertz CT molecular complexity index is 392. The lowest BCUT2D eigenvalue weighted by Gasteiger charge is -2.00. The number of aromatic nitrogens is 1. The van der Waals surface area contributed by atoms with Gasteiger partial charge in [-0.25, -0.2) is 0 Å². The second-order valence-corrected chi connectivity index (χ2v) is 3.16. The van der Waals surface area contributed by atoms with Crippen molar-refractivity contribution in [1.29, 1.82) is 0 Å². The van der Waals surface area contributed by atoms with Gasteiger partial charge in [0.15, 0.2) is 18.4 Å². The minimum Gasteiger partial charge on any atom is -0.366 e. The molecule has 1 aliphatic rings. The van der Waals surface area contributed by atoms with Crippen molar-refractivity contribution in [1.82, 2.24) is 0 Å². The molecule has 0 bridgehead atoms. The van der Waals surface area contributed by atoms with E-state index in [9.17, 15) is 4.79 Å². The molecular weight excluding hydrogens is 176 g/mol. The maximum absolute atomic E-state index is 10.8. The molecule has 2 N–H and O–H groups in total. The molecule has 3 heteroatoms. The molecule has 0 aromatic carbocycles. The first-order chi connectivity index (χ1) is 6.77. The number of pyridine rings is 1. The van der Waals surface area contributed by atoms with Crippen LogP contribution in [0, 0.1) is 0 Å². The smallest absolute Gasteiger partial charge is 0.249 e. The quantitative estimate of drug-likeness (QED) is 0.682. The van der Waals surface area contributed by atoms with Gasteiger partial charge in [0.1, 0.15) is 0 Å². The summed E-state index contributed by atoms with van der Waals surface area (Å²) in [6.45, 7) is 0. The fraction of sp³-hybridized carbons (Fsp3) is 0.0909. The summed E-state index contributed by atoms with van der Waals surface area (Å²) in [5.74, 6) is -0.394. The van der Waals surface area contributed by atoms with Gasteiger partial charge in [0.05, 0.1) is 5.56 Å². The molecule has 0 spiro atoms. The van der Waals surface area contributed by atoms with Crippen LogP contribution in [0.15, 0.2) is 48.8 Å². The van der Waals surface area contributed by atoms with Crippen molar-refractivity contribution in [2.75, 3.05) is 0 Å². The number of primary amides is 1. The zero-order valence-electron chi connectivity index (χ0n) is 7.63. The van der Waals surface area contributed by atoms with Gasteiger partial charge >= 0.3 is 0 Å². The fourth-order valence-corrected chi connectivity index (χ4v) is 1.42. The van der Waals surface area contributed by atoms with Crippen LogP contribution in [0.4, 0.5) is 0 Å². The minimum atomic E-state index is -0.394. The molecule has 0 saturated carbocycles.